The van der Waals surface area contributed by atoms with Gasteiger partial charge in [-0.3, -0.25) is 5.10 Å². The normalized spacial score (nSPS) is 15.4. The van der Waals surface area contributed by atoms with Crippen molar-refractivity contribution in [3.63, 3.8) is 0 Å². The first kappa shape index (κ1) is 18.9. The average molecular weight is 428 g/mol. The predicted molar refractivity (Wildman–Crippen MR) is 128 cm³/mol. The Morgan fingerprint density at radius 3 is 2.59 bits per heavy atom. The number of benzene rings is 2. The molecule has 0 unspecified atom stereocenters. The zero-order valence-corrected chi connectivity index (χ0v) is 17.7. The van der Waals surface area contributed by atoms with Crippen LogP contribution in [0.15, 0.2) is 48.7 Å². The molecule has 0 amide bonds. The number of fused-ring (bicyclic) bond motifs is 2. The number of nitrogens with one attached hydrogen (secondary N) is 5. The Morgan fingerprint density at radius 2 is 1.72 bits per heavy atom. The van der Waals surface area contributed by atoms with Crippen LogP contribution in [0, 0.1) is 0 Å². The number of hydrogen-bond acceptors (Lipinski definition) is 8. The highest BCUT2D eigenvalue weighted by Crippen LogP contribution is 2.31. The smallest absolute Gasteiger partial charge is 0.231 e. The highest BCUT2D eigenvalue weighted by atomic mass is 15.2. The van der Waals surface area contributed by atoms with Crippen LogP contribution >= 0.6 is 0 Å². The predicted octanol–water partition coefficient (Wildman–Crippen LogP) is 3.22. The number of anilines is 6. The van der Waals surface area contributed by atoms with E-state index in [1.807, 2.05) is 18.3 Å². The van der Waals surface area contributed by atoms with Crippen LogP contribution in [0.1, 0.15) is 5.56 Å². The molecule has 4 aromatic rings. The zero-order valence-electron chi connectivity index (χ0n) is 17.7. The van der Waals surface area contributed by atoms with Gasteiger partial charge in [-0.2, -0.15) is 15.1 Å². The lowest BCUT2D eigenvalue weighted by molar-refractivity contribution is 0.589. The van der Waals surface area contributed by atoms with Crippen molar-refractivity contribution in [1.82, 2.24) is 25.5 Å². The van der Waals surface area contributed by atoms with Crippen LogP contribution in [0.2, 0.25) is 0 Å². The van der Waals surface area contributed by atoms with Gasteiger partial charge in [-0.25, -0.2) is 0 Å². The lowest BCUT2D eigenvalue weighted by Gasteiger charge is -2.29. The van der Waals surface area contributed by atoms with Crippen molar-refractivity contribution in [2.24, 2.45) is 0 Å². The lowest BCUT2D eigenvalue weighted by atomic mass is 10.2. The van der Waals surface area contributed by atoms with Crippen molar-refractivity contribution in [2.45, 2.75) is 6.42 Å². The minimum absolute atomic E-state index is 0.569. The summed E-state index contributed by atoms with van der Waals surface area (Å²) in [6.07, 6.45) is 2.72. The van der Waals surface area contributed by atoms with Gasteiger partial charge in [0.1, 0.15) is 11.6 Å². The molecule has 0 spiro atoms. The van der Waals surface area contributed by atoms with E-state index < -0.39 is 0 Å². The maximum absolute atomic E-state index is 4.80. The number of aromatic amines is 1. The first-order valence-corrected chi connectivity index (χ1v) is 11.0. The second-order valence-corrected chi connectivity index (χ2v) is 8.11. The van der Waals surface area contributed by atoms with E-state index in [4.69, 9.17) is 9.97 Å². The molecule has 32 heavy (non-hydrogen) atoms. The van der Waals surface area contributed by atoms with Crippen molar-refractivity contribution in [1.29, 1.82) is 0 Å². The molecule has 1 fully saturated rings. The second-order valence-electron chi connectivity index (χ2n) is 8.11. The monoisotopic (exact) mass is 427 g/mol. The van der Waals surface area contributed by atoms with E-state index in [1.165, 1.54) is 5.69 Å². The first-order chi connectivity index (χ1) is 15.8. The summed E-state index contributed by atoms with van der Waals surface area (Å²) in [6.45, 7) is 4.99. The van der Waals surface area contributed by atoms with Crippen LogP contribution in [0.5, 0.6) is 0 Å². The molecule has 5 N–H and O–H groups in total. The molecule has 9 nitrogen and oxygen atoms in total. The number of nitrogens with zero attached hydrogens (tertiary/aromatic N) is 4. The van der Waals surface area contributed by atoms with Gasteiger partial charge in [0, 0.05) is 60.7 Å². The lowest BCUT2D eigenvalue weighted by Crippen LogP contribution is -2.43. The topological polar surface area (TPSA) is 106 Å². The molecule has 2 aliphatic rings. The molecule has 9 heteroatoms. The number of aromatic nitrogens is 4. The van der Waals surface area contributed by atoms with E-state index in [9.17, 15) is 0 Å². The van der Waals surface area contributed by atoms with Crippen molar-refractivity contribution < 1.29 is 0 Å². The number of H-pyrrole nitrogens is 1. The number of rotatable bonds is 5. The summed E-state index contributed by atoms with van der Waals surface area (Å²) in [4.78, 5) is 11.9. The van der Waals surface area contributed by atoms with Crippen molar-refractivity contribution in [2.75, 3.05) is 53.6 Å². The van der Waals surface area contributed by atoms with E-state index in [1.54, 1.807) is 0 Å². The zero-order chi connectivity index (χ0) is 21.3. The molecular formula is C23H25N9. The van der Waals surface area contributed by atoms with Crippen LogP contribution in [-0.4, -0.2) is 52.9 Å². The number of hydrogen-bond donors (Lipinski definition) is 5. The largest absolute Gasteiger partial charge is 0.369 e. The molecule has 0 radical (unpaired) electrons. The van der Waals surface area contributed by atoms with Crippen LogP contribution in [0.4, 0.5) is 34.6 Å². The van der Waals surface area contributed by atoms with Gasteiger partial charge >= 0.3 is 0 Å². The van der Waals surface area contributed by atoms with Crippen LogP contribution in [0.25, 0.3) is 10.9 Å². The van der Waals surface area contributed by atoms with Gasteiger partial charge in [-0.05, 0) is 48.9 Å². The first-order valence-electron chi connectivity index (χ1n) is 11.0. The van der Waals surface area contributed by atoms with Crippen molar-refractivity contribution >= 4 is 45.5 Å². The fourth-order valence-electron chi connectivity index (χ4n) is 4.30. The molecule has 2 aromatic heterocycles. The van der Waals surface area contributed by atoms with Gasteiger partial charge in [0.05, 0.1) is 11.7 Å². The Balaban J connectivity index is 1.25. The number of piperazine rings is 1. The minimum Gasteiger partial charge on any atom is -0.369 e. The third-order valence-electron chi connectivity index (χ3n) is 5.98. The molecule has 2 aliphatic heterocycles. The van der Waals surface area contributed by atoms with E-state index in [0.717, 1.165) is 78.6 Å². The summed E-state index contributed by atoms with van der Waals surface area (Å²) in [5.41, 5.74) is 5.30. The van der Waals surface area contributed by atoms with Crippen LogP contribution in [-0.2, 0) is 6.42 Å². The molecule has 6 rings (SSSR count). The van der Waals surface area contributed by atoms with E-state index >= 15 is 0 Å². The fourth-order valence-corrected chi connectivity index (χ4v) is 4.30. The molecule has 2 aromatic carbocycles. The van der Waals surface area contributed by atoms with Gasteiger partial charge in [0.2, 0.25) is 5.95 Å². The van der Waals surface area contributed by atoms with Gasteiger partial charge in [0.15, 0.2) is 0 Å². The summed E-state index contributed by atoms with van der Waals surface area (Å²) in [7, 11) is 0. The van der Waals surface area contributed by atoms with E-state index in [-0.39, 0.29) is 0 Å². The standard InChI is InChI=1S/C23H25N9/c1-4-18(32-11-9-24-10-12-32)5-2-16(1)28-23-29-21-19(7-8-25-21)22(30-23)27-17-3-6-20-15(13-17)14-26-31-20/h1-6,13-14,24H,7-12H2,(H,26,31)(H3,25,27,28,29,30). The third-order valence-corrected chi connectivity index (χ3v) is 5.98. The van der Waals surface area contributed by atoms with Gasteiger partial charge in [0.25, 0.3) is 0 Å². The van der Waals surface area contributed by atoms with E-state index in [2.05, 4.69) is 66.7 Å². The fraction of sp³-hybridized carbons (Fsp3) is 0.261. The summed E-state index contributed by atoms with van der Waals surface area (Å²) in [6, 6.07) is 14.6. The molecular weight excluding hydrogens is 402 g/mol. The van der Waals surface area contributed by atoms with Crippen LogP contribution in [0.3, 0.4) is 0 Å². The minimum atomic E-state index is 0.569. The molecule has 0 atom stereocenters. The summed E-state index contributed by atoms with van der Waals surface area (Å²) < 4.78 is 0. The molecule has 4 heterocycles. The Bertz CT molecular complexity index is 1240. The summed E-state index contributed by atoms with van der Waals surface area (Å²) in [5, 5.41) is 21.8. The molecule has 1 saturated heterocycles. The maximum atomic E-state index is 4.80. The SMILES string of the molecule is c1cc(N2CCNCC2)ccc1Nc1nc2c(c(Nc3ccc4[nH]ncc4c3)n1)CCN2. The highest BCUT2D eigenvalue weighted by Gasteiger charge is 2.20. The Hall–Kier alpha value is -3.85. The molecule has 162 valence electrons. The summed E-state index contributed by atoms with van der Waals surface area (Å²) in [5.74, 6) is 2.27. The molecule has 0 aliphatic carbocycles. The quantitative estimate of drug-likeness (QED) is 0.331. The molecule has 0 bridgehead atoms. The van der Waals surface area contributed by atoms with E-state index in [0.29, 0.717) is 5.95 Å². The Labute approximate surface area is 185 Å². The van der Waals surface area contributed by atoms with Crippen molar-refractivity contribution in [3.8, 4) is 0 Å². The van der Waals surface area contributed by atoms with Gasteiger partial charge < -0.3 is 26.2 Å². The van der Waals surface area contributed by atoms with Crippen LogP contribution < -0.4 is 26.2 Å². The molecule has 0 saturated carbocycles. The maximum Gasteiger partial charge on any atom is 0.231 e. The Kier molecular flexibility index (Phi) is 4.73. The third kappa shape index (κ3) is 3.67. The van der Waals surface area contributed by atoms with Crippen molar-refractivity contribution in [3.05, 3.63) is 54.2 Å². The second kappa shape index (κ2) is 8.01. The average Bonchev–Trinajstić information content (AvgIpc) is 3.49. The highest BCUT2D eigenvalue weighted by molar-refractivity contribution is 5.83. The summed E-state index contributed by atoms with van der Waals surface area (Å²) >= 11 is 0. The Morgan fingerprint density at radius 1 is 0.875 bits per heavy atom. The van der Waals surface area contributed by atoms with Gasteiger partial charge in [-0.15, -0.1) is 0 Å². The van der Waals surface area contributed by atoms with Gasteiger partial charge in [-0.1, -0.05) is 0 Å².